The Kier molecular flexibility index (Phi) is 7.00. The van der Waals surface area contributed by atoms with E-state index in [4.69, 9.17) is 4.42 Å². The smallest absolute Gasteiger partial charge is 0.290 e. The number of amides is 1. The number of para-hydroxylation sites is 1. The van der Waals surface area contributed by atoms with E-state index in [1.54, 1.807) is 17.0 Å². The predicted molar refractivity (Wildman–Crippen MR) is 131 cm³/mol. The van der Waals surface area contributed by atoms with Crippen molar-refractivity contribution in [2.24, 2.45) is 0 Å². The molecule has 1 atom stereocenters. The number of hydrogen-bond donors (Lipinski definition) is 1. The highest BCUT2D eigenvalue weighted by Gasteiger charge is 2.44. The van der Waals surface area contributed by atoms with Gasteiger partial charge < -0.3 is 19.3 Å². The molecule has 3 aromatic rings. The minimum absolute atomic E-state index is 0.0595. The molecular weight excluding hydrogens is 484 g/mol. The summed E-state index contributed by atoms with van der Waals surface area (Å²) in [6.45, 7) is 7.33. The van der Waals surface area contributed by atoms with E-state index >= 15 is 0 Å². The Balaban J connectivity index is 1.69. The van der Waals surface area contributed by atoms with Gasteiger partial charge in [-0.2, -0.15) is 0 Å². The van der Waals surface area contributed by atoms with Gasteiger partial charge in [0.15, 0.2) is 11.5 Å². The number of furan rings is 1. The zero-order valence-corrected chi connectivity index (χ0v) is 20.3. The van der Waals surface area contributed by atoms with Crippen LogP contribution >= 0.6 is 15.9 Å². The summed E-state index contributed by atoms with van der Waals surface area (Å²) in [6.07, 6.45) is 0.736. The normalized spacial score (nSPS) is 16.4. The van der Waals surface area contributed by atoms with Gasteiger partial charge in [0.2, 0.25) is 5.78 Å². The lowest BCUT2D eigenvalue weighted by atomic mass is 9.95. The summed E-state index contributed by atoms with van der Waals surface area (Å²) in [6, 6.07) is 15.8. The van der Waals surface area contributed by atoms with E-state index < -0.39 is 23.5 Å². The summed E-state index contributed by atoms with van der Waals surface area (Å²) in [5, 5.41) is 11.6. The Morgan fingerprint density at radius 2 is 1.82 bits per heavy atom. The van der Waals surface area contributed by atoms with Gasteiger partial charge in [0.1, 0.15) is 5.58 Å². The van der Waals surface area contributed by atoms with E-state index in [0.717, 1.165) is 41.5 Å². The van der Waals surface area contributed by atoms with Crippen molar-refractivity contribution in [3.63, 3.8) is 0 Å². The SMILES string of the molecule is CCN(CC)CCCN1C(=O)C(O)=C(C(=O)c2cc3ccccc3o2)[C@H]1c1ccc(Br)cc1. The third-order valence-corrected chi connectivity index (χ3v) is 6.68. The molecule has 2 heterocycles. The molecule has 0 saturated carbocycles. The minimum Gasteiger partial charge on any atom is -0.503 e. The molecule has 0 unspecified atom stereocenters. The Morgan fingerprint density at radius 1 is 1.12 bits per heavy atom. The largest absolute Gasteiger partial charge is 0.503 e. The lowest BCUT2D eigenvalue weighted by Gasteiger charge is -2.28. The number of Topliss-reactive ketones (excluding diaryl/α,β-unsaturated/α-hetero) is 1. The van der Waals surface area contributed by atoms with Crippen molar-refractivity contribution in [3.05, 3.63) is 81.7 Å². The number of aliphatic hydroxyl groups is 1. The van der Waals surface area contributed by atoms with Crippen molar-refractivity contribution in [1.29, 1.82) is 0 Å². The lowest BCUT2D eigenvalue weighted by molar-refractivity contribution is -0.129. The van der Waals surface area contributed by atoms with Crippen LogP contribution in [0.2, 0.25) is 0 Å². The highest BCUT2D eigenvalue weighted by molar-refractivity contribution is 9.10. The van der Waals surface area contributed by atoms with Crippen molar-refractivity contribution in [2.45, 2.75) is 26.3 Å². The van der Waals surface area contributed by atoms with Gasteiger partial charge >= 0.3 is 0 Å². The maximum Gasteiger partial charge on any atom is 0.290 e. The molecular formula is C26H27BrN2O4. The molecule has 172 valence electrons. The number of benzene rings is 2. The van der Waals surface area contributed by atoms with E-state index in [0.29, 0.717) is 12.1 Å². The zero-order valence-electron chi connectivity index (χ0n) is 18.8. The molecule has 6 nitrogen and oxygen atoms in total. The van der Waals surface area contributed by atoms with Gasteiger partial charge in [-0.3, -0.25) is 9.59 Å². The van der Waals surface area contributed by atoms with Crippen LogP contribution in [-0.4, -0.2) is 52.8 Å². The molecule has 4 rings (SSSR count). The van der Waals surface area contributed by atoms with Crippen molar-refractivity contribution < 1.29 is 19.1 Å². The number of rotatable bonds is 9. The first kappa shape index (κ1) is 23.3. The Morgan fingerprint density at radius 3 is 2.48 bits per heavy atom. The molecule has 1 aliphatic heterocycles. The van der Waals surface area contributed by atoms with Crippen LogP contribution in [0.25, 0.3) is 11.0 Å². The van der Waals surface area contributed by atoms with E-state index in [1.165, 1.54) is 0 Å². The van der Waals surface area contributed by atoms with Gasteiger partial charge in [0.05, 0.1) is 11.6 Å². The fraction of sp³-hybridized carbons (Fsp3) is 0.308. The van der Waals surface area contributed by atoms with E-state index in [9.17, 15) is 14.7 Å². The first-order valence-corrected chi connectivity index (χ1v) is 12.0. The molecule has 0 fully saturated rings. The standard InChI is InChI=1S/C26H27BrN2O4/c1-3-28(4-2)14-7-15-29-23(17-10-12-19(27)13-11-17)22(25(31)26(29)32)24(30)21-16-18-8-5-6-9-20(18)33-21/h5-6,8-13,16,23,31H,3-4,7,14-15H2,1-2H3/t23-/m1/s1. The molecule has 0 bridgehead atoms. The third-order valence-electron chi connectivity index (χ3n) is 6.15. The van der Waals surface area contributed by atoms with Crippen LogP contribution in [0.5, 0.6) is 0 Å². The minimum atomic E-state index is -0.678. The topological polar surface area (TPSA) is 74.0 Å². The van der Waals surface area contributed by atoms with Crippen molar-refractivity contribution in [2.75, 3.05) is 26.2 Å². The fourth-order valence-corrected chi connectivity index (χ4v) is 4.60. The lowest BCUT2D eigenvalue weighted by Crippen LogP contribution is -2.34. The molecule has 2 aromatic carbocycles. The Bertz CT molecular complexity index is 1160. The number of carbonyl (C=O) groups excluding carboxylic acids is 2. The highest BCUT2D eigenvalue weighted by Crippen LogP contribution is 2.40. The molecule has 1 amide bonds. The number of hydrogen-bond acceptors (Lipinski definition) is 5. The van der Waals surface area contributed by atoms with Crippen LogP contribution in [0.15, 0.2) is 74.8 Å². The number of nitrogens with zero attached hydrogens (tertiary/aromatic N) is 2. The Labute approximate surface area is 201 Å². The van der Waals surface area contributed by atoms with E-state index in [1.807, 2.05) is 42.5 Å². The van der Waals surface area contributed by atoms with Crippen LogP contribution in [0, 0.1) is 0 Å². The third kappa shape index (κ3) is 4.61. The fourth-order valence-electron chi connectivity index (χ4n) is 4.34. The van der Waals surface area contributed by atoms with Crippen LogP contribution in [0.3, 0.4) is 0 Å². The Hall–Kier alpha value is -2.90. The van der Waals surface area contributed by atoms with Gasteiger partial charge in [-0.05, 0) is 55.9 Å². The number of carbonyl (C=O) groups is 2. The summed E-state index contributed by atoms with van der Waals surface area (Å²) >= 11 is 3.44. The second-order valence-electron chi connectivity index (χ2n) is 8.07. The van der Waals surface area contributed by atoms with Gasteiger partial charge in [0.25, 0.3) is 5.91 Å². The predicted octanol–water partition coefficient (Wildman–Crippen LogP) is 5.51. The van der Waals surface area contributed by atoms with Crippen LogP contribution in [0.1, 0.15) is 42.4 Å². The number of fused-ring (bicyclic) bond motifs is 1. The molecule has 33 heavy (non-hydrogen) atoms. The van der Waals surface area contributed by atoms with Crippen molar-refractivity contribution in [1.82, 2.24) is 9.80 Å². The second-order valence-corrected chi connectivity index (χ2v) is 8.99. The summed E-state index contributed by atoms with van der Waals surface area (Å²) in [4.78, 5) is 30.5. The second kappa shape index (κ2) is 9.93. The number of ketones is 1. The van der Waals surface area contributed by atoms with E-state index in [-0.39, 0.29) is 11.3 Å². The van der Waals surface area contributed by atoms with Crippen molar-refractivity contribution in [3.8, 4) is 0 Å². The van der Waals surface area contributed by atoms with Gasteiger partial charge in [0, 0.05) is 16.4 Å². The molecule has 1 N–H and O–H groups in total. The first-order valence-electron chi connectivity index (χ1n) is 11.2. The zero-order chi connectivity index (χ0) is 23.5. The maximum atomic E-state index is 13.5. The van der Waals surface area contributed by atoms with Crippen LogP contribution in [0.4, 0.5) is 0 Å². The van der Waals surface area contributed by atoms with Gasteiger partial charge in [-0.25, -0.2) is 0 Å². The van der Waals surface area contributed by atoms with Crippen molar-refractivity contribution >= 4 is 38.6 Å². The number of aliphatic hydroxyl groups excluding tert-OH is 1. The molecule has 7 heteroatoms. The molecule has 0 saturated heterocycles. The summed E-state index contributed by atoms with van der Waals surface area (Å²) < 4.78 is 6.66. The summed E-state index contributed by atoms with van der Waals surface area (Å²) in [5.41, 5.74) is 1.41. The highest BCUT2D eigenvalue weighted by atomic mass is 79.9. The van der Waals surface area contributed by atoms with Gasteiger partial charge in [-0.1, -0.05) is 60.1 Å². The molecule has 0 aliphatic carbocycles. The quantitative estimate of drug-likeness (QED) is 0.384. The summed E-state index contributed by atoms with van der Waals surface area (Å²) in [5.74, 6) is -1.40. The van der Waals surface area contributed by atoms with Crippen LogP contribution < -0.4 is 0 Å². The monoisotopic (exact) mass is 510 g/mol. The maximum absolute atomic E-state index is 13.5. The molecule has 1 aromatic heterocycles. The first-order chi connectivity index (χ1) is 15.9. The van der Waals surface area contributed by atoms with E-state index in [2.05, 4.69) is 34.7 Å². The number of halogens is 1. The summed E-state index contributed by atoms with van der Waals surface area (Å²) in [7, 11) is 0. The average molecular weight is 511 g/mol. The molecule has 0 spiro atoms. The average Bonchev–Trinajstić information content (AvgIpc) is 3.37. The van der Waals surface area contributed by atoms with Crippen LogP contribution in [-0.2, 0) is 4.79 Å². The molecule has 1 aliphatic rings. The van der Waals surface area contributed by atoms with Gasteiger partial charge in [-0.15, -0.1) is 0 Å². The molecule has 0 radical (unpaired) electrons.